The maximum Gasteiger partial charge on any atom is 0.163 e. The van der Waals surface area contributed by atoms with Gasteiger partial charge in [-0.3, -0.25) is 0 Å². The van der Waals surface area contributed by atoms with Crippen LogP contribution in [0, 0.1) is 0 Å². The Bertz CT molecular complexity index is 819. The van der Waals surface area contributed by atoms with E-state index in [-0.39, 0.29) is 0 Å². The first-order chi connectivity index (χ1) is 13.2. The molecule has 2 aromatic carbocycles. The monoisotopic (exact) mass is 361 g/mol. The highest BCUT2D eigenvalue weighted by Crippen LogP contribution is 2.20. The predicted molar refractivity (Wildman–Crippen MR) is 113 cm³/mol. The molecular weight excluding hydrogens is 334 g/mol. The average Bonchev–Trinajstić information content (AvgIpc) is 2.69. The number of likely N-dealkylation sites (N-methyl/N-ethyl adjacent to an activating group) is 1. The molecule has 3 aromatic rings. The van der Waals surface area contributed by atoms with Gasteiger partial charge in [0.25, 0.3) is 0 Å². The summed E-state index contributed by atoms with van der Waals surface area (Å²) < 4.78 is 0. The smallest absolute Gasteiger partial charge is 0.163 e. The molecule has 0 fully saturated rings. The number of rotatable bonds is 9. The third-order valence-electron chi connectivity index (χ3n) is 4.19. The Kier molecular flexibility index (Phi) is 6.77. The Hall–Kier alpha value is -2.92. The van der Waals surface area contributed by atoms with Crippen molar-refractivity contribution in [3.05, 3.63) is 72.3 Å². The molecule has 3 rings (SSSR count). The van der Waals surface area contributed by atoms with E-state index in [1.54, 1.807) is 0 Å². The highest BCUT2D eigenvalue weighted by atomic mass is 15.1. The van der Waals surface area contributed by atoms with Gasteiger partial charge in [-0.25, -0.2) is 9.97 Å². The van der Waals surface area contributed by atoms with E-state index in [9.17, 15) is 0 Å². The van der Waals surface area contributed by atoms with Gasteiger partial charge in [0, 0.05) is 31.3 Å². The summed E-state index contributed by atoms with van der Waals surface area (Å²) in [7, 11) is 4.13. The SMILES string of the molecule is CN(C)CCNc1cc(NCCc2ccccc2)nc(-c2ccccc2)n1. The van der Waals surface area contributed by atoms with Crippen molar-refractivity contribution < 1.29 is 0 Å². The molecule has 0 atom stereocenters. The Morgan fingerprint density at radius 1 is 0.778 bits per heavy atom. The average molecular weight is 361 g/mol. The van der Waals surface area contributed by atoms with Gasteiger partial charge in [0.15, 0.2) is 5.82 Å². The number of benzene rings is 2. The van der Waals surface area contributed by atoms with E-state index in [1.807, 2.05) is 42.5 Å². The number of nitrogens with zero attached hydrogens (tertiary/aromatic N) is 3. The molecule has 0 radical (unpaired) electrons. The molecule has 0 saturated carbocycles. The fourth-order valence-electron chi connectivity index (χ4n) is 2.73. The topological polar surface area (TPSA) is 53.1 Å². The lowest BCUT2D eigenvalue weighted by atomic mass is 10.1. The van der Waals surface area contributed by atoms with E-state index in [4.69, 9.17) is 4.98 Å². The first-order valence-corrected chi connectivity index (χ1v) is 9.31. The van der Waals surface area contributed by atoms with Crippen molar-refractivity contribution in [2.24, 2.45) is 0 Å². The molecule has 0 aliphatic heterocycles. The molecule has 0 saturated heterocycles. The van der Waals surface area contributed by atoms with Gasteiger partial charge in [-0.2, -0.15) is 0 Å². The third-order valence-corrected chi connectivity index (χ3v) is 4.19. The van der Waals surface area contributed by atoms with Gasteiger partial charge in [0.05, 0.1) is 0 Å². The van der Waals surface area contributed by atoms with Crippen molar-refractivity contribution in [1.29, 1.82) is 0 Å². The zero-order valence-corrected chi connectivity index (χ0v) is 16.0. The summed E-state index contributed by atoms with van der Waals surface area (Å²) in [5.74, 6) is 2.41. The summed E-state index contributed by atoms with van der Waals surface area (Å²) in [6, 6.07) is 22.5. The van der Waals surface area contributed by atoms with E-state index in [0.717, 1.165) is 49.1 Å². The van der Waals surface area contributed by atoms with Crippen LogP contribution in [0.3, 0.4) is 0 Å². The van der Waals surface area contributed by atoms with E-state index in [0.29, 0.717) is 0 Å². The zero-order valence-electron chi connectivity index (χ0n) is 16.0. The van der Waals surface area contributed by atoms with Gasteiger partial charge in [0.2, 0.25) is 0 Å². The molecule has 0 aliphatic carbocycles. The van der Waals surface area contributed by atoms with Gasteiger partial charge in [-0.05, 0) is 26.1 Å². The van der Waals surface area contributed by atoms with Gasteiger partial charge in [-0.15, -0.1) is 0 Å². The van der Waals surface area contributed by atoms with Crippen molar-refractivity contribution in [3.63, 3.8) is 0 Å². The van der Waals surface area contributed by atoms with Crippen LogP contribution < -0.4 is 10.6 Å². The zero-order chi connectivity index (χ0) is 18.9. The van der Waals surface area contributed by atoms with Crippen LogP contribution in [0.15, 0.2) is 66.7 Å². The minimum Gasteiger partial charge on any atom is -0.370 e. The number of hydrogen-bond acceptors (Lipinski definition) is 5. The number of aromatic nitrogens is 2. The van der Waals surface area contributed by atoms with E-state index in [1.165, 1.54) is 5.56 Å². The molecule has 1 aromatic heterocycles. The summed E-state index contributed by atoms with van der Waals surface area (Å²) in [6.07, 6.45) is 0.953. The lowest BCUT2D eigenvalue weighted by Crippen LogP contribution is -2.21. The van der Waals surface area contributed by atoms with E-state index < -0.39 is 0 Å². The van der Waals surface area contributed by atoms with Gasteiger partial charge in [-0.1, -0.05) is 60.7 Å². The van der Waals surface area contributed by atoms with Crippen LogP contribution in [0.4, 0.5) is 11.6 Å². The second kappa shape index (κ2) is 9.69. The lowest BCUT2D eigenvalue weighted by Gasteiger charge is -2.13. The molecule has 2 N–H and O–H groups in total. The van der Waals surface area contributed by atoms with Crippen molar-refractivity contribution in [3.8, 4) is 11.4 Å². The Morgan fingerprint density at radius 2 is 1.37 bits per heavy atom. The molecule has 140 valence electrons. The number of anilines is 2. The van der Waals surface area contributed by atoms with Crippen LogP contribution in [0.1, 0.15) is 5.56 Å². The molecule has 0 amide bonds. The summed E-state index contributed by atoms with van der Waals surface area (Å²) in [5, 5.41) is 6.84. The lowest BCUT2D eigenvalue weighted by molar-refractivity contribution is 0.425. The Balaban J connectivity index is 1.72. The van der Waals surface area contributed by atoms with E-state index in [2.05, 4.69) is 58.9 Å². The minimum absolute atomic E-state index is 0.729. The highest BCUT2D eigenvalue weighted by Gasteiger charge is 2.07. The molecule has 5 nitrogen and oxygen atoms in total. The number of hydrogen-bond donors (Lipinski definition) is 2. The second-order valence-electron chi connectivity index (χ2n) is 6.72. The molecular formula is C22H27N5. The first kappa shape index (κ1) is 18.9. The molecule has 0 bridgehead atoms. The van der Waals surface area contributed by atoms with Crippen molar-refractivity contribution in [2.75, 3.05) is 44.4 Å². The predicted octanol–water partition coefficient (Wildman–Crippen LogP) is 3.77. The van der Waals surface area contributed by atoms with Crippen LogP contribution in [-0.2, 0) is 6.42 Å². The maximum atomic E-state index is 4.71. The van der Waals surface area contributed by atoms with Crippen molar-refractivity contribution in [1.82, 2.24) is 14.9 Å². The molecule has 0 spiro atoms. The third kappa shape index (κ3) is 6.08. The van der Waals surface area contributed by atoms with Gasteiger partial charge >= 0.3 is 0 Å². The highest BCUT2D eigenvalue weighted by molar-refractivity contribution is 5.61. The molecule has 1 heterocycles. The largest absolute Gasteiger partial charge is 0.370 e. The van der Waals surface area contributed by atoms with Crippen LogP contribution >= 0.6 is 0 Å². The summed E-state index contributed by atoms with van der Waals surface area (Å²) in [6.45, 7) is 2.61. The molecule has 0 aliphatic rings. The Labute approximate surface area is 161 Å². The maximum absolute atomic E-state index is 4.71. The van der Waals surface area contributed by atoms with Crippen LogP contribution in [0.5, 0.6) is 0 Å². The quantitative estimate of drug-likeness (QED) is 0.608. The second-order valence-corrected chi connectivity index (χ2v) is 6.72. The van der Waals surface area contributed by atoms with Crippen molar-refractivity contribution >= 4 is 11.6 Å². The van der Waals surface area contributed by atoms with Gasteiger partial charge < -0.3 is 15.5 Å². The normalized spacial score (nSPS) is 10.8. The first-order valence-electron chi connectivity index (χ1n) is 9.31. The standard InChI is InChI=1S/C22H27N5/c1-27(2)16-15-24-21-17-20(23-14-13-18-9-5-3-6-10-18)25-22(26-21)19-11-7-4-8-12-19/h3-12,17H,13-16H2,1-2H3,(H2,23,24,25,26). The Morgan fingerprint density at radius 3 is 2.00 bits per heavy atom. The summed E-state index contributed by atoms with van der Waals surface area (Å²) >= 11 is 0. The fraction of sp³-hybridized carbons (Fsp3) is 0.273. The van der Waals surface area contributed by atoms with Crippen molar-refractivity contribution in [2.45, 2.75) is 6.42 Å². The molecule has 27 heavy (non-hydrogen) atoms. The molecule has 0 unspecified atom stereocenters. The minimum atomic E-state index is 0.729. The summed E-state index contributed by atoms with van der Waals surface area (Å²) in [5.41, 5.74) is 2.33. The molecule has 5 heteroatoms. The summed E-state index contributed by atoms with van der Waals surface area (Å²) in [4.78, 5) is 11.5. The van der Waals surface area contributed by atoms with Crippen LogP contribution in [0.25, 0.3) is 11.4 Å². The van der Waals surface area contributed by atoms with Crippen LogP contribution in [0.2, 0.25) is 0 Å². The number of nitrogens with one attached hydrogen (secondary N) is 2. The fourth-order valence-corrected chi connectivity index (χ4v) is 2.73. The van der Waals surface area contributed by atoms with Crippen LogP contribution in [-0.4, -0.2) is 48.6 Å². The van der Waals surface area contributed by atoms with E-state index >= 15 is 0 Å². The van der Waals surface area contributed by atoms with Gasteiger partial charge in [0.1, 0.15) is 11.6 Å².